The van der Waals surface area contributed by atoms with Gasteiger partial charge >= 0.3 is 0 Å². The van der Waals surface area contributed by atoms with E-state index in [4.69, 9.17) is 21.1 Å². The minimum Gasteiger partial charge on any atom is -0.493 e. The second kappa shape index (κ2) is 21.8. The number of thiazole rings is 1. The Morgan fingerprint density at radius 3 is 2.43 bits per heavy atom. The second-order valence-corrected chi connectivity index (χ2v) is 19.1. The van der Waals surface area contributed by atoms with E-state index < -0.39 is 41.2 Å². The first-order valence-corrected chi connectivity index (χ1v) is 23.6. The van der Waals surface area contributed by atoms with Gasteiger partial charge in [-0.2, -0.15) is 0 Å². The lowest BCUT2D eigenvalue weighted by Crippen LogP contribution is -2.57. The zero-order valence-electron chi connectivity index (χ0n) is 38.3. The number of piperazine rings is 1. The minimum absolute atomic E-state index is 0.0132. The number of amides is 4. The maximum absolute atomic E-state index is 14.1. The molecule has 356 valence electrons. The number of likely N-dealkylation sites (tertiary alicyclic amines) is 1. The first kappa shape index (κ1) is 49.0. The van der Waals surface area contributed by atoms with Crippen LogP contribution in [0.4, 0.5) is 15.9 Å². The molecule has 0 saturated carbocycles. The van der Waals surface area contributed by atoms with E-state index in [0.717, 1.165) is 28.2 Å². The van der Waals surface area contributed by atoms with E-state index in [9.17, 15) is 28.7 Å². The van der Waals surface area contributed by atoms with E-state index in [-0.39, 0.29) is 49.2 Å². The monoisotopic (exact) mass is 957 g/mol. The number of methoxy groups -OCH3 is 1. The highest BCUT2D eigenvalue weighted by atomic mass is 35.5. The Labute approximate surface area is 398 Å². The van der Waals surface area contributed by atoms with Crippen LogP contribution in [0.1, 0.15) is 57.7 Å². The van der Waals surface area contributed by atoms with Gasteiger partial charge in [0.05, 0.1) is 46.4 Å². The van der Waals surface area contributed by atoms with E-state index in [0.29, 0.717) is 73.1 Å². The van der Waals surface area contributed by atoms with Gasteiger partial charge in [0.1, 0.15) is 30.0 Å². The molecule has 0 aliphatic carbocycles. The number of carbonyl (C=O) groups is 4. The summed E-state index contributed by atoms with van der Waals surface area (Å²) >= 11 is 7.55. The first-order valence-electron chi connectivity index (χ1n) is 22.3. The van der Waals surface area contributed by atoms with Crippen LogP contribution in [0.25, 0.3) is 21.3 Å². The maximum Gasteiger partial charge on any atom is 0.246 e. The zero-order valence-corrected chi connectivity index (χ0v) is 39.9. The number of carbonyl (C=O) groups excluding carboxylic acids is 4. The van der Waals surface area contributed by atoms with E-state index in [1.54, 1.807) is 47.1 Å². The molecule has 19 heteroatoms. The number of halogens is 2. The predicted molar refractivity (Wildman–Crippen MR) is 255 cm³/mol. The van der Waals surface area contributed by atoms with Gasteiger partial charge in [0.15, 0.2) is 11.5 Å². The van der Waals surface area contributed by atoms with Gasteiger partial charge in [-0.1, -0.05) is 56.6 Å². The number of aliphatic hydroxyl groups is 1. The average Bonchev–Trinajstić information content (AvgIpc) is 3.93. The molecule has 4 amide bonds. The number of hydrogen-bond acceptors (Lipinski definition) is 13. The molecule has 16 nitrogen and oxygen atoms in total. The van der Waals surface area contributed by atoms with Crippen molar-refractivity contribution in [1.82, 2.24) is 40.3 Å². The summed E-state index contributed by atoms with van der Waals surface area (Å²) in [5, 5.41) is 20.2. The molecule has 2 aromatic heterocycles. The third-order valence-corrected chi connectivity index (χ3v) is 13.2. The number of benzene rings is 3. The van der Waals surface area contributed by atoms with Crippen LogP contribution < -0.4 is 25.4 Å². The molecule has 0 spiro atoms. The van der Waals surface area contributed by atoms with Crippen LogP contribution in [0, 0.1) is 18.2 Å². The maximum atomic E-state index is 14.1. The van der Waals surface area contributed by atoms with Crippen molar-refractivity contribution in [3.05, 3.63) is 88.5 Å². The van der Waals surface area contributed by atoms with Gasteiger partial charge in [0.2, 0.25) is 23.6 Å². The Hall–Kier alpha value is -5.95. The SMILES string of the molecule is COc1cc2ncnc(Nc3ccc(F)c(Cl)c3)c2cc1OCCCN1CCN(C(=O)CCC(=O)N[C@H](C(=O)N2C[C@H](O)C[C@H]2C(=O)NCc2ccc(-c3scnc3C)cc2)C(C)(C)C)CC1. The third kappa shape index (κ3) is 12.3. The zero-order chi connectivity index (χ0) is 47.8. The topological polar surface area (TPSA) is 191 Å². The number of nitrogens with zero attached hydrogens (tertiary/aromatic N) is 6. The summed E-state index contributed by atoms with van der Waals surface area (Å²) in [7, 11) is 1.56. The van der Waals surface area contributed by atoms with Crippen molar-refractivity contribution < 1.29 is 38.1 Å². The number of hydrogen-bond donors (Lipinski definition) is 4. The molecule has 0 bridgehead atoms. The van der Waals surface area contributed by atoms with Gasteiger partial charge < -0.3 is 40.3 Å². The fourth-order valence-electron chi connectivity index (χ4n) is 8.23. The average molecular weight is 959 g/mol. The van der Waals surface area contributed by atoms with Crippen LogP contribution >= 0.6 is 22.9 Å². The fourth-order valence-corrected chi connectivity index (χ4v) is 9.22. The van der Waals surface area contributed by atoms with Gasteiger partial charge in [0.25, 0.3) is 0 Å². The van der Waals surface area contributed by atoms with Crippen molar-refractivity contribution in [2.45, 2.75) is 78.1 Å². The molecule has 3 atom stereocenters. The molecule has 5 aromatic rings. The van der Waals surface area contributed by atoms with Crippen molar-refractivity contribution in [2.24, 2.45) is 5.41 Å². The lowest BCUT2D eigenvalue weighted by atomic mass is 9.85. The number of aryl methyl sites for hydroxylation is 1. The molecule has 67 heavy (non-hydrogen) atoms. The normalized spacial score (nSPS) is 17.0. The fraction of sp³-hybridized carbons (Fsp3) is 0.438. The van der Waals surface area contributed by atoms with Crippen LogP contribution in [-0.4, -0.2) is 130 Å². The largest absolute Gasteiger partial charge is 0.493 e. The van der Waals surface area contributed by atoms with Crippen molar-refractivity contribution in [1.29, 1.82) is 0 Å². The molecule has 3 aromatic carbocycles. The molecule has 2 aliphatic heterocycles. The number of aromatic nitrogens is 3. The summed E-state index contributed by atoms with van der Waals surface area (Å²) in [5.41, 5.74) is 5.14. The lowest BCUT2D eigenvalue weighted by molar-refractivity contribution is -0.144. The molecule has 4 N–H and O–H groups in total. The summed E-state index contributed by atoms with van der Waals surface area (Å²) in [5.74, 6) is -0.439. The van der Waals surface area contributed by atoms with Crippen LogP contribution in [0.15, 0.2) is 66.4 Å². The number of fused-ring (bicyclic) bond motifs is 1. The van der Waals surface area contributed by atoms with E-state index >= 15 is 0 Å². The quantitative estimate of drug-likeness (QED) is 0.0784. The number of anilines is 2. The smallest absolute Gasteiger partial charge is 0.246 e. The van der Waals surface area contributed by atoms with Gasteiger partial charge in [-0.15, -0.1) is 11.3 Å². The molecule has 2 fully saturated rings. The van der Waals surface area contributed by atoms with E-state index in [1.807, 2.05) is 52.0 Å². The van der Waals surface area contributed by atoms with Crippen molar-refractivity contribution in [3.63, 3.8) is 0 Å². The standard InChI is InChI=1S/C48H57ClFN9O7S/c1-29-43(67-28-54-29)31-9-7-30(8-10-31)25-51-46(63)38-22-33(60)26-59(38)47(64)44(48(2,3)4)56-41(61)13-14-42(62)58-18-16-57(17-19-58)15-6-20-66-40-23-34-37(24-39(40)65-5)52-27-53-45(34)55-32-11-12-36(50)35(49)21-32/h7-12,21,23-24,27-28,33,38,44,60H,6,13-20,22,25-26H2,1-5H3,(H,51,63)(H,56,61)(H,52,53,55)/t33-,38+,44-/m1/s1. The van der Waals surface area contributed by atoms with Crippen LogP contribution in [0.2, 0.25) is 5.02 Å². The van der Waals surface area contributed by atoms with Crippen molar-refractivity contribution >= 4 is 69.0 Å². The lowest BCUT2D eigenvalue weighted by Gasteiger charge is -2.36. The molecule has 4 heterocycles. The highest BCUT2D eigenvalue weighted by molar-refractivity contribution is 7.13. The second-order valence-electron chi connectivity index (χ2n) is 17.9. The van der Waals surface area contributed by atoms with Crippen molar-refractivity contribution in [2.75, 3.05) is 58.3 Å². The number of rotatable bonds is 17. The van der Waals surface area contributed by atoms with Crippen LogP contribution in [0.3, 0.4) is 0 Å². The number of aliphatic hydroxyl groups excluding tert-OH is 1. The predicted octanol–water partition coefficient (Wildman–Crippen LogP) is 6.11. The summed E-state index contributed by atoms with van der Waals surface area (Å²) < 4.78 is 25.5. The summed E-state index contributed by atoms with van der Waals surface area (Å²) in [6, 6.07) is 13.8. The number of β-amino-alcohol motifs (C(OH)–C–C–N with tert-alkyl or cyclic N) is 1. The Kier molecular flexibility index (Phi) is 15.9. The highest BCUT2D eigenvalue weighted by Crippen LogP contribution is 2.35. The molecule has 7 rings (SSSR count). The molecule has 0 radical (unpaired) electrons. The van der Waals surface area contributed by atoms with Gasteiger partial charge in [-0.25, -0.2) is 19.3 Å². The van der Waals surface area contributed by atoms with Crippen LogP contribution in [-0.2, 0) is 25.7 Å². The Balaban J connectivity index is 0.845. The molecule has 2 aliphatic rings. The molecular weight excluding hydrogens is 901 g/mol. The van der Waals surface area contributed by atoms with Gasteiger partial charge in [-0.3, -0.25) is 24.1 Å². The summed E-state index contributed by atoms with van der Waals surface area (Å²) in [6.07, 6.45) is 1.19. The Morgan fingerprint density at radius 1 is 0.985 bits per heavy atom. The molecular formula is C48H57ClFN9O7S. The molecule has 2 saturated heterocycles. The van der Waals surface area contributed by atoms with Gasteiger partial charge in [-0.05, 0) is 54.2 Å². The highest BCUT2D eigenvalue weighted by Gasteiger charge is 2.44. The third-order valence-electron chi connectivity index (χ3n) is 12.0. The van der Waals surface area contributed by atoms with Gasteiger partial charge in [0, 0.05) is 82.2 Å². The Bertz CT molecular complexity index is 2570. The van der Waals surface area contributed by atoms with E-state index in [2.05, 4.69) is 35.8 Å². The van der Waals surface area contributed by atoms with E-state index in [1.165, 1.54) is 23.4 Å². The summed E-state index contributed by atoms with van der Waals surface area (Å²) in [4.78, 5) is 73.7. The first-order chi connectivity index (χ1) is 32.1. The number of nitrogens with one attached hydrogen (secondary N) is 3. The Morgan fingerprint density at radius 2 is 1.75 bits per heavy atom. The van der Waals surface area contributed by atoms with Crippen molar-refractivity contribution in [3.8, 4) is 21.9 Å². The molecule has 0 unspecified atom stereocenters. The van der Waals surface area contributed by atoms with Crippen LogP contribution in [0.5, 0.6) is 11.5 Å². The summed E-state index contributed by atoms with van der Waals surface area (Å²) in [6.45, 7) is 11.1. The minimum atomic E-state index is -0.996. The number of ether oxygens (including phenoxy) is 2.